The van der Waals surface area contributed by atoms with Gasteiger partial charge in [0.15, 0.2) is 0 Å². The van der Waals surface area contributed by atoms with Gasteiger partial charge in [-0.3, -0.25) is 0 Å². The highest BCUT2D eigenvalue weighted by atomic mass is 35.5. The van der Waals surface area contributed by atoms with Crippen molar-refractivity contribution >= 4 is 23.6 Å². The molecule has 0 aromatic heterocycles. The molecular formula is C16H13ClO3. The van der Waals surface area contributed by atoms with Crippen molar-refractivity contribution in [1.29, 1.82) is 0 Å². The average Bonchev–Trinajstić information content (AvgIpc) is 2.45. The van der Waals surface area contributed by atoms with E-state index in [1.165, 1.54) is 6.08 Å². The fraction of sp³-hybridized carbons (Fsp3) is 0.0625. The van der Waals surface area contributed by atoms with E-state index >= 15 is 0 Å². The fourth-order valence-corrected chi connectivity index (χ4v) is 1.72. The van der Waals surface area contributed by atoms with Crippen LogP contribution in [-0.2, 0) is 11.4 Å². The number of carboxylic acid groups (broad SMARTS) is 1. The first-order valence-electron chi connectivity index (χ1n) is 6.02. The van der Waals surface area contributed by atoms with Crippen LogP contribution in [-0.4, -0.2) is 11.1 Å². The number of benzene rings is 2. The smallest absolute Gasteiger partial charge is 0.328 e. The lowest BCUT2D eigenvalue weighted by Crippen LogP contribution is -1.94. The van der Waals surface area contributed by atoms with Crippen LogP contribution in [0.25, 0.3) is 6.08 Å². The number of carbonyl (C=O) groups is 1. The monoisotopic (exact) mass is 288 g/mol. The van der Waals surface area contributed by atoms with Gasteiger partial charge < -0.3 is 9.84 Å². The molecule has 0 saturated carbocycles. The Labute approximate surface area is 122 Å². The van der Waals surface area contributed by atoms with Crippen molar-refractivity contribution in [3.8, 4) is 5.75 Å². The lowest BCUT2D eigenvalue weighted by Gasteiger charge is -2.06. The van der Waals surface area contributed by atoms with E-state index in [0.29, 0.717) is 11.6 Å². The zero-order chi connectivity index (χ0) is 14.4. The average molecular weight is 289 g/mol. The summed E-state index contributed by atoms with van der Waals surface area (Å²) in [6.45, 7) is 0.460. The van der Waals surface area contributed by atoms with Gasteiger partial charge in [0, 0.05) is 11.1 Å². The molecule has 0 aliphatic heterocycles. The van der Waals surface area contributed by atoms with E-state index in [4.69, 9.17) is 21.4 Å². The quantitative estimate of drug-likeness (QED) is 0.845. The Morgan fingerprint density at radius 2 is 1.75 bits per heavy atom. The maximum absolute atomic E-state index is 10.4. The highest BCUT2D eigenvalue weighted by Crippen LogP contribution is 2.16. The van der Waals surface area contributed by atoms with E-state index in [1.54, 1.807) is 24.3 Å². The molecule has 0 bridgehead atoms. The molecule has 0 aliphatic carbocycles. The Morgan fingerprint density at radius 1 is 1.10 bits per heavy atom. The molecule has 0 aliphatic rings. The van der Waals surface area contributed by atoms with Crippen LogP contribution < -0.4 is 4.74 Å². The molecule has 0 radical (unpaired) electrons. The second-order valence-electron chi connectivity index (χ2n) is 4.16. The van der Waals surface area contributed by atoms with Gasteiger partial charge in [-0.05, 0) is 41.5 Å². The number of ether oxygens (including phenoxy) is 1. The van der Waals surface area contributed by atoms with Gasteiger partial charge in [0.05, 0.1) is 0 Å². The lowest BCUT2D eigenvalue weighted by molar-refractivity contribution is -0.131. The van der Waals surface area contributed by atoms with E-state index in [-0.39, 0.29) is 0 Å². The molecule has 2 rings (SSSR count). The highest BCUT2D eigenvalue weighted by molar-refractivity contribution is 6.30. The first-order chi connectivity index (χ1) is 9.63. The van der Waals surface area contributed by atoms with E-state index in [0.717, 1.165) is 23.0 Å². The van der Waals surface area contributed by atoms with Gasteiger partial charge in [-0.15, -0.1) is 0 Å². The van der Waals surface area contributed by atoms with Gasteiger partial charge in [-0.1, -0.05) is 35.9 Å². The zero-order valence-electron chi connectivity index (χ0n) is 10.6. The van der Waals surface area contributed by atoms with Gasteiger partial charge in [0.25, 0.3) is 0 Å². The number of rotatable bonds is 5. The molecule has 0 atom stereocenters. The first-order valence-corrected chi connectivity index (χ1v) is 6.39. The number of hydrogen-bond donors (Lipinski definition) is 1. The van der Waals surface area contributed by atoms with Crippen molar-refractivity contribution in [3.05, 3.63) is 70.8 Å². The predicted molar refractivity (Wildman–Crippen MR) is 78.9 cm³/mol. The van der Waals surface area contributed by atoms with Gasteiger partial charge in [0.1, 0.15) is 12.4 Å². The molecule has 0 fully saturated rings. The van der Waals surface area contributed by atoms with Crippen LogP contribution in [0, 0.1) is 0 Å². The third-order valence-corrected chi connectivity index (χ3v) is 2.87. The van der Waals surface area contributed by atoms with Gasteiger partial charge in [-0.2, -0.15) is 0 Å². The molecule has 20 heavy (non-hydrogen) atoms. The summed E-state index contributed by atoms with van der Waals surface area (Å²) in [4.78, 5) is 10.4. The summed E-state index contributed by atoms with van der Waals surface area (Å²) in [5.41, 5.74) is 1.84. The van der Waals surface area contributed by atoms with Crippen LogP contribution in [0.4, 0.5) is 0 Å². The maximum atomic E-state index is 10.4. The van der Waals surface area contributed by atoms with Crippen molar-refractivity contribution < 1.29 is 14.6 Å². The molecule has 2 aromatic rings. The Bertz CT molecular complexity index is 601. The molecule has 0 saturated heterocycles. The van der Waals surface area contributed by atoms with Crippen LogP contribution in [0.3, 0.4) is 0 Å². The summed E-state index contributed by atoms with van der Waals surface area (Å²) in [6, 6.07) is 14.7. The summed E-state index contributed by atoms with van der Waals surface area (Å²) >= 11 is 5.81. The van der Waals surface area contributed by atoms with Gasteiger partial charge in [-0.25, -0.2) is 4.79 Å². The molecule has 0 amide bonds. The second kappa shape index (κ2) is 6.78. The number of aliphatic carboxylic acids is 1. The van der Waals surface area contributed by atoms with E-state index < -0.39 is 5.97 Å². The van der Waals surface area contributed by atoms with Crippen LogP contribution >= 0.6 is 11.6 Å². The van der Waals surface area contributed by atoms with Crippen LogP contribution in [0.5, 0.6) is 5.75 Å². The SMILES string of the molecule is O=C(O)C=Cc1ccc(OCc2ccc(Cl)cc2)cc1. The minimum Gasteiger partial charge on any atom is -0.489 e. The van der Waals surface area contributed by atoms with Crippen molar-refractivity contribution in [3.63, 3.8) is 0 Å². The summed E-state index contributed by atoms with van der Waals surface area (Å²) in [5, 5.41) is 9.24. The largest absolute Gasteiger partial charge is 0.489 e. The molecule has 2 aromatic carbocycles. The van der Waals surface area contributed by atoms with Crippen LogP contribution in [0.15, 0.2) is 54.6 Å². The Kier molecular flexibility index (Phi) is 4.80. The molecule has 0 heterocycles. The summed E-state index contributed by atoms with van der Waals surface area (Å²) in [6.07, 6.45) is 2.63. The Balaban J connectivity index is 1.93. The van der Waals surface area contributed by atoms with Crippen LogP contribution in [0.2, 0.25) is 5.02 Å². The van der Waals surface area contributed by atoms with Crippen molar-refractivity contribution in [2.75, 3.05) is 0 Å². The fourth-order valence-electron chi connectivity index (χ4n) is 1.59. The standard InChI is InChI=1S/C16H13ClO3/c17-14-6-1-13(2-7-14)11-20-15-8-3-12(4-9-15)5-10-16(18)19/h1-10H,11H2,(H,18,19). The van der Waals surface area contributed by atoms with Crippen molar-refractivity contribution in [2.45, 2.75) is 6.61 Å². The summed E-state index contributed by atoms with van der Waals surface area (Å²) < 4.78 is 5.63. The van der Waals surface area contributed by atoms with E-state index in [1.807, 2.05) is 24.3 Å². The minimum absolute atomic E-state index is 0.460. The molecular weight excluding hydrogens is 276 g/mol. The zero-order valence-corrected chi connectivity index (χ0v) is 11.4. The molecule has 4 heteroatoms. The van der Waals surface area contributed by atoms with E-state index in [9.17, 15) is 4.79 Å². The minimum atomic E-state index is -0.965. The maximum Gasteiger partial charge on any atom is 0.328 e. The predicted octanol–water partition coefficient (Wildman–Crippen LogP) is 4.02. The topological polar surface area (TPSA) is 46.5 Å². The van der Waals surface area contributed by atoms with Crippen molar-refractivity contribution in [2.24, 2.45) is 0 Å². The number of halogens is 1. The van der Waals surface area contributed by atoms with Crippen LogP contribution in [0.1, 0.15) is 11.1 Å². The van der Waals surface area contributed by atoms with Crippen molar-refractivity contribution in [1.82, 2.24) is 0 Å². The number of carboxylic acids is 1. The lowest BCUT2D eigenvalue weighted by atomic mass is 10.2. The Morgan fingerprint density at radius 3 is 2.35 bits per heavy atom. The van der Waals surface area contributed by atoms with Gasteiger partial charge >= 0.3 is 5.97 Å². The second-order valence-corrected chi connectivity index (χ2v) is 4.59. The highest BCUT2D eigenvalue weighted by Gasteiger charge is 1.97. The Hall–Kier alpha value is -2.26. The summed E-state index contributed by atoms with van der Waals surface area (Å²) in [5.74, 6) is -0.236. The third kappa shape index (κ3) is 4.44. The van der Waals surface area contributed by atoms with Gasteiger partial charge in [0.2, 0.25) is 0 Å². The molecule has 0 unspecified atom stereocenters. The van der Waals surface area contributed by atoms with E-state index in [2.05, 4.69) is 0 Å². The molecule has 1 N–H and O–H groups in total. The third-order valence-electron chi connectivity index (χ3n) is 2.62. The molecule has 0 spiro atoms. The molecule has 3 nitrogen and oxygen atoms in total. The first kappa shape index (κ1) is 14.2. The number of hydrogen-bond acceptors (Lipinski definition) is 2. The normalized spacial score (nSPS) is 10.7. The summed E-state index contributed by atoms with van der Waals surface area (Å²) in [7, 11) is 0. The molecule has 102 valence electrons.